The number of morpholine rings is 1. The Balaban J connectivity index is 1.35. The zero-order chi connectivity index (χ0) is 20.9. The number of hydrogen-bond donors (Lipinski definition) is 2. The first-order valence-electron chi connectivity index (χ1n) is 10.1. The molecule has 1 fully saturated rings. The number of anilines is 1. The molecular weight excluding hydrogens is 384 g/mol. The summed E-state index contributed by atoms with van der Waals surface area (Å²) in [6, 6.07) is 10.4. The lowest BCUT2D eigenvalue weighted by atomic mass is 10.2. The van der Waals surface area contributed by atoms with Gasteiger partial charge in [-0.1, -0.05) is 0 Å². The predicted octanol–water partition coefficient (Wildman–Crippen LogP) is 2.32. The first-order valence-corrected chi connectivity index (χ1v) is 10.1. The molecule has 0 aliphatic carbocycles. The van der Waals surface area contributed by atoms with Crippen molar-refractivity contribution in [3.63, 3.8) is 0 Å². The fourth-order valence-electron chi connectivity index (χ4n) is 3.54. The van der Waals surface area contributed by atoms with E-state index in [4.69, 9.17) is 9.15 Å². The summed E-state index contributed by atoms with van der Waals surface area (Å²) in [5, 5.41) is 6.55. The van der Waals surface area contributed by atoms with E-state index in [1.165, 1.54) is 6.26 Å². The molecule has 3 heterocycles. The minimum absolute atomic E-state index is 0.175. The highest BCUT2D eigenvalue weighted by atomic mass is 16.5. The number of nitrogens with zero attached hydrogens (tertiary/aromatic N) is 2. The third-order valence-corrected chi connectivity index (χ3v) is 5.29. The lowest BCUT2D eigenvalue weighted by molar-refractivity contribution is -0.117. The average Bonchev–Trinajstić information content (AvgIpc) is 3.43. The van der Waals surface area contributed by atoms with Gasteiger partial charge < -0.3 is 24.4 Å². The van der Waals surface area contributed by atoms with Gasteiger partial charge in [-0.2, -0.15) is 0 Å². The average molecular weight is 410 g/mol. The summed E-state index contributed by atoms with van der Waals surface area (Å²) in [7, 11) is 0. The molecule has 30 heavy (non-hydrogen) atoms. The van der Waals surface area contributed by atoms with E-state index in [1.807, 2.05) is 24.3 Å². The molecule has 0 radical (unpaired) electrons. The van der Waals surface area contributed by atoms with Crippen molar-refractivity contribution in [2.24, 2.45) is 0 Å². The van der Waals surface area contributed by atoms with E-state index in [2.05, 4.69) is 26.3 Å². The maximum absolute atomic E-state index is 12.5. The van der Waals surface area contributed by atoms with Gasteiger partial charge in [0.1, 0.15) is 6.04 Å². The van der Waals surface area contributed by atoms with Crippen LogP contribution < -0.4 is 10.6 Å². The number of fused-ring (bicyclic) bond motifs is 1. The molecule has 2 N–H and O–H groups in total. The second-order valence-electron chi connectivity index (χ2n) is 7.40. The van der Waals surface area contributed by atoms with Crippen LogP contribution in [0.15, 0.2) is 53.3 Å². The molecule has 0 bridgehead atoms. The summed E-state index contributed by atoms with van der Waals surface area (Å²) in [6.07, 6.45) is 3.49. The van der Waals surface area contributed by atoms with Gasteiger partial charge >= 0.3 is 0 Å². The molecule has 8 nitrogen and oxygen atoms in total. The standard InChI is InChI=1S/C22H26N4O4/c1-16(23-22(28)20-3-2-12-30-20)21(27)24-18-4-5-19-17(15-18)6-7-26(19)9-8-25-10-13-29-14-11-25/h2-7,12,15-16H,8-11,13-14H2,1H3,(H,23,28)(H,24,27). The summed E-state index contributed by atoms with van der Waals surface area (Å²) in [5.41, 5.74) is 1.82. The number of benzene rings is 1. The van der Waals surface area contributed by atoms with Crippen molar-refractivity contribution < 1.29 is 18.7 Å². The smallest absolute Gasteiger partial charge is 0.287 e. The van der Waals surface area contributed by atoms with Crippen molar-refractivity contribution in [3.8, 4) is 0 Å². The van der Waals surface area contributed by atoms with Crippen LogP contribution in [-0.4, -0.2) is 60.2 Å². The molecule has 1 aliphatic heterocycles. The number of nitrogens with one attached hydrogen (secondary N) is 2. The Labute approximate surface area is 174 Å². The molecular formula is C22H26N4O4. The highest BCUT2D eigenvalue weighted by Crippen LogP contribution is 2.21. The summed E-state index contributed by atoms with van der Waals surface area (Å²) in [6.45, 7) is 7.08. The van der Waals surface area contributed by atoms with Gasteiger partial charge in [0.15, 0.2) is 5.76 Å². The lowest BCUT2D eigenvalue weighted by Crippen LogP contribution is -2.41. The lowest BCUT2D eigenvalue weighted by Gasteiger charge is -2.26. The zero-order valence-corrected chi connectivity index (χ0v) is 17.0. The van der Waals surface area contributed by atoms with Crippen LogP contribution in [0.1, 0.15) is 17.5 Å². The van der Waals surface area contributed by atoms with Gasteiger partial charge in [-0.3, -0.25) is 14.5 Å². The zero-order valence-electron chi connectivity index (χ0n) is 17.0. The second kappa shape index (κ2) is 9.15. The largest absolute Gasteiger partial charge is 0.459 e. The van der Waals surface area contributed by atoms with Crippen molar-refractivity contribution in [3.05, 3.63) is 54.6 Å². The molecule has 1 aliphatic rings. The number of amides is 2. The Morgan fingerprint density at radius 3 is 2.73 bits per heavy atom. The van der Waals surface area contributed by atoms with E-state index in [0.717, 1.165) is 50.3 Å². The van der Waals surface area contributed by atoms with Crippen molar-refractivity contribution in [1.29, 1.82) is 0 Å². The molecule has 2 aromatic heterocycles. The Hall–Kier alpha value is -3.10. The minimum Gasteiger partial charge on any atom is -0.459 e. The Kier molecular flexibility index (Phi) is 6.15. The van der Waals surface area contributed by atoms with Crippen LogP contribution in [0.4, 0.5) is 5.69 Å². The van der Waals surface area contributed by atoms with Crippen LogP contribution in [0.25, 0.3) is 10.9 Å². The highest BCUT2D eigenvalue weighted by molar-refractivity contribution is 6.00. The predicted molar refractivity (Wildman–Crippen MR) is 113 cm³/mol. The Bertz CT molecular complexity index is 1010. The number of carbonyl (C=O) groups excluding carboxylic acids is 2. The quantitative estimate of drug-likeness (QED) is 0.624. The molecule has 3 aromatic rings. The van der Waals surface area contributed by atoms with Gasteiger partial charge in [-0.25, -0.2) is 0 Å². The molecule has 1 unspecified atom stereocenters. The Morgan fingerprint density at radius 1 is 1.13 bits per heavy atom. The van der Waals surface area contributed by atoms with E-state index >= 15 is 0 Å². The van der Waals surface area contributed by atoms with Crippen molar-refractivity contribution in [2.45, 2.75) is 19.5 Å². The van der Waals surface area contributed by atoms with Crippen molar-refractivity contribution in [2.75, 3.05) is 38.2 Å². The maximum atomic E-state index is 12.5. The molecule has 8 heteroatoms. The first-order chi connectivity index (χ1) is 14.6. The summed E-state index contributed by atoms with van der Waals surface area (Å²) in [5.74, 6) is -0.536. The van der Waals surface area contributed by atoms with Gasteiger partial charge in [0.05, 0.1) is 19.5 Å². The molecule has 1 saturated heterocycles. The third-order valence-electron chi connectivity index (χ3n) is 5.29. The van der Waals surface area contributed by atoms with Gasteiger partial charge in [0.25, 0.3) is 5.91 Å². The fourth-order valence-corrected chi connectivity index (χ4v) is 3.54. The summed E-state index contributed by atoms with van der Waals surface area (Å²) < 4.78 is 12.7. The van der Waals surface area contributed by atoms with E-state index in [9.17, 15) is 9.59 Å². The van der Waals surface area contributed by atoms with Crippen LogP contribution in [0.5, 0.6) is 0 Å². The molecule has 1 atom stereocenters. The number of carbonyl (C=O) groups is 2. The number of rotatable bonds is 7. The molecule has 0 spiro atoms. The van der Waals surface area contributed by atoms with Gasteiger partial charge in [0.2, 0.25) is 5.91 Å². The van der Waals surface area contributed by atoms with Gasteiger partial charge in [0, 0.05) is 49.0 Å². The van der Waals surface area contributed by atoms with Crippen LogP contribution in [0.2, 0.25) is 0 Å². The number of aromatic nitrogens is 1. The SMILES string of the molecule is CC(NC(=O)c1ccco1)C(=O)Nc1ccc2c(ccn2CCN2CCOCC2)c1. The summed E-state index contributed by atoms with van der Waals surface area (Å²) >= 11 is 0. The molecule has 158 valence electrons. The monoisotopic (exact) mass is 410 g/mol. The summed E-state index contributed by atoms with van der Waals surface area (Å²) in [4.78, 5) is 26.9. The number of ether oxygens (including phenoxy) is 1. The van der Waals surface area contributed by atoms with E-state index in [-0.39, 0.29) is 11.7 Å². The van der Waals surface area contributed by atoms with Crippen LogP contribution in [0.3, 0.4) is 0 Å². The van der Waals surface area contributed by atoms with Gasteiger partial charge in [-0.05, 0) is 43.3 Å². The second-order valence-corrected chi connectivity index (χ2v) is 7.40. The van der Waals surface area contributed by atoms with Crippen LogP contribution >= 0.6 is 0 Å². The first kappa shape index (κ1) is 20.2. The van der Waals surface area contributed by atoms with E-state index in [0.29, 0.717) is 5.69 Å². The normalized spacial score (nSPS) is 15.8. The molecule has 1 aromatic carbocycles. The van der Waals surface area contributed by atoms with Crippen LogP contribution in [0, 0.1) is 0 Å². The minimum atomic E-state index is -0.698. The third kappa shape index (κ3) is 4.72. The fraction of sp³-hybridized carbons (Fsp3) is 0.364. The number of hydrogen-bond acceptors (Lipinski definition) is 5. The van der Waals surface area contributed by atoms with E-state index in [1.54, 1.807) is 19.1 Å². The maximum Gasteiger partial charge on any atom is 0.287 e. The molecule has 0 saturated carbocycles. The van der Waals surface area contributed by atoms with Crippen molar-refractivity contribution >= 4 is 28.4 Å². The van der Waals surface area contributed by atoms with Gasteiger partial charge in [-0.15, -0.1) is 0 Å². The topological polar surface area (TPSA) is 88.7 Å². The molecule has 2 amide bonds. The Morgan fingerprint density at radius 2 is 1.97 bits per heavy atom. The molecule has 4 rings (SSSR count). The van der Waals surface area contributed by atoms with Crippen LogP contribution in [-0.2, 0) is 16.1 Å². The number of furan rings is 1. The van der Waals surface area contributed by atoms with Crippen molar-refractivity contribution in [1.82, 2.24) is 14.8 Å². The van der Waals surface area contributed by atoms with E-state index < -0.39 is 11.9 Å². The highest BCUT2D eigenvalue weighted by Gasteiger charge is 2.18.